The van der Waals surface area contributed by atoms with Gasteiger partial charge in [-0.2, -0.15) is 0 Å². The highest BCUT2D eigenvalue weighted by Gasteiger charge is 2.35. The summed E-state index contributed by atoms with van der Waals surface area (Å²) in [6.07, 6.45) is 0. The maximum atomic E-state index is 9.03. The Morgan fingerprint density at radius 1 is 1.27 bits per heavy atom. The average Bonchev–Trinajstić information content (AvgIpc) is 2.05. The normalized spacial score (nSPS) is 49.6. The lowest BCUT2D eigenvalue weighted by molar-refractivity contribution is -0.0410. The smallest absolute Gasteiger partial charge is 0.0599 e. The molecular weight excluding hydrogens is 140 g/mol. The van der Waals surface area contributed by atoms with Crippen LogP contribution in [-0.2, 0) is 0 Å². The van der Waals surface area contributed by atoms with E-state index in [1.54, 1.807) is 0 Å². The first-order chi connectivity index (χ1) is 5.31. The van der Waals surface area contributed by atoms with Crippen LogP contribution >= 0.6 is 0 Å². The third-order valence-corrected chi connectivity index (χ3v) is 2.97. The van der Waals surface area contributed by atoms with E-state index in [0.29, 0.717) is 18.7 Å². The number of rotatable bonds is 1. The van der Waals surface area contributed by atoms with E-state index in [1.807, 2.05) is 0 Å². The zero-order chi connectivity index (χ0) is 7.84. The maximum Gasteiger partial charge on any atom is 0.0599 e. The van der Waals surface area contributed by atoms with Crippen molar-refractivity contribution in [2.75, 3.05) is 32.8 Å². The Hall–Kier alpha value is -0.120. The van der Waals surface area contributed by atoms with Crippen molar-refractivity contribution in [3.05, 3.63) is 0 Å². The van der Waals surface area contributed by atoms with Gasteiger partial charge in [-0.15, -0.1) is 0 Å². The van der Waals surface area contributed by atoms with E-state index in [4.69, 9.17) is 5.11 Å². The maximum absolute atomic E-state index is 9.03. The van der Waals surface area contributed by atoms with Crippen LogP contribution in [0.3, 0.4) is 0 Å². The minimum Gasteiger partial charge on any atom is -0.395 e. The van der Waals surface area contributed by atoms with Gasteiger partial charge in [-0.1, -0.05) is 0 Å². The molecular formula is C8H16N2O. The SMILES string of the molecule is C[C@@H]1CN2CCN1CC2CO. The van der Waals surface area contributed by atoms with Gasteiger partial charge in [0.1, 0.15) is 0 Å². The molecule has 0 aliphatic carbocycles. The molecule has 3 fully saturated rings. The van der Waals surface area contributed by atoms with Crippen LogP contribution in [0.5, 0.6) is 0 Å². The lowest BCUT2D eigenvalue weighted by atomic mass is 10.0. The zero-order valence-corrected chi connectivity index (χ0v) is 7.03. The monoisotopic (exact) mass is 156 g/mol. The third kappa shape index (κ3) is 1.17. The summed E-state index contributed by atoms with van der Waals surface area (Å²) in [7, 11) is 0. The summed E-state index contributed by atoms with van der Waals surface area (Å²) >= 11 is 0. The predicted octanol–water partition coefficient (Wildman–Crippen LogP) is -0.633. The van der Waals surface area contributed by atoms with E-state index in [9.17, 15) is 0 Å². The van der Waals surface area contributed by atoms with Crippen LogP contribution < -0.4 is 0 Å². The highest BCUT2D eigenvalue weighted by Crippen LogP contribution is 2.19. The molecule has 0 spiro atoms. The van der Waals surface area contributed by atoms with Crippen LogP contribution in [0.25, 0.3) is 0 Å². The molecule has 3 nitrogen and oxygen atoms in total. The summed E-state index contributed by atoms with van der Waals surface area (Å²) in [4.78, 5) is 4.88. The zero-order valence-electron chi connectivity index (χ0n) is 7.03. The topological polar surface area (TPSA) is 26.7 Å². The van der Waals surface area contributed by atoms with Crippen molar-refractivity contribution in [2.24, 2.45) is 0 Å². The van der Waals surface area contributed by atoms with Gasteiger partial charge in [0, 0.05) is 38.3 Å². The van der Waals surface area contributed by atoms with Crippen LogP contribution in [0.1, 0.15) is 6.92 Å². The molecule has 0 aromatic heterocycles. The highest BCUT2D eigenvalue weighted by atomic mass is 16.3. The molecule has 3 aliphatic rings. The molecule has 0 saturated carbocycles. The largest absolute Gasteiger partial charge is 0.395 e. The second-order valence-electron chi connectivity index (χ2n) is 3.68. The molecule has 0 radical (unpaired) electrons. The number of piperazine rings is 3. The first-order valence-corrected chi connectivity index (χ1v) is 4.40. The van der Waals surface area contributed by atoms with Crippen LogP contribution in [0.2, 0.25) is 0 Å². The molecule has 3 heteroatoms. The molecule has 3 heterocycles. The van der Waals surface area contributed by atoms with Crippen molar-refractivity contribution in [3.63, 3.8) is 0 Å². The highest BCUT2D eigenvalue weighted by molar-refractivity contribution is 4.91. The second kappa shape index (κ2) is 2.73. The lowest BCUT2D eigenvalue weighted by Gasteiger charge is -2.50. The molecule has 4 atom stereocenters. The van der Waals surface area contributed by atoms with E-state index < -0.39 is 0 Å². The number of nitrogens with zero attached hydrogens (tertiary/aromatic N) is 2. The van der Waals surface area contributed by atoms with Crippen molar-refractivity contribution < 1.29 is 5.11 Å². The molecule has 2 bridgehead atoms. The third-order valence-electron chi connectivity index (χ3n) is 2.97. The number of hydrogen-bond acceptors (Lipinski definition) is 3. The van der Waals surface area contributed by atoms with Crippen LogP contribution in [-0.4, -0.2) is 59.8 Å². The summed E-state index contributed by atoms with van der Waals surface area (Å²) in [5.41, 5.74) is 0. The summed E-state index contributed by atoms with van der Waals surface area (Å²) < 4.78 is 0. The Bertz CT molecular complexity index is 151. The summed E-state index contributed by atoms with van der Waals surface area (Å²) in [5, 5.41) is 9.03. The van der Waals surface area contributed by atoms with E-state index in [2.05, 4.69) is 16.7 Å². The first kappa shape index (κ1) is 7.53. The van der Waals surface area contributed by atoms with Gasteiger partial charge in [0.2, 0.25) is 0 Å². The molecule has 0 aromatic carbocycles. The fourth-order valence-electron chi connectivity index (χ4n) is 2.19. The van der Waals surface area contributed by atoms with Crippen molar-refractivity contribution in [3.8, 4) is 0 Å². The molecule has 0 aromatic rings. The van der Waals surface area contributed by atoms with E-state index >= 15 is 0 Å². The summed E-state index contributed by atoms with van der Waals surface area (Å²) in [6, 6.07) is 1.12. The fraction of sp³-hybridized carbons (Fsp3) is 1.00. The standard InChI is InChI=1S/C8H16N2O/c1-7-4-10-3-2-9(7)5-8(10)6-11/h7-8,11H,2-6H2,1H3/t7-,8?/m1/s1. The van der Waals surface area contributed by atoms with Crippen molar-refractivity contribution in [1.82, 2.24) is 9.80 Å². The second-order valence-corrected chi connectivity index (χ2v) is 3.68. The predicted molar refractivity (Wildman–Crippen MR) is 43.5 cm³/mol. The van der Waals surface area contributed by atoms with Crippen LogP contribution in [0.15, 0.2) is 0 Å². The number of fused-ring (bicyclic) bond motifs is 3. The first-order valence-electron chi connectivity index (χ1n) is 4.40. The van der Waals surface area contributed by atoms with Crippen LogP contribution in [0.4, 0.5) is 0 Å². The molecule has 3 aliphatic heterocycles. The Labute approximate surface area is 67.6 Å². The van der Waals surface area contributed by atoms with E-state index in [1.165, 1.54) is 6.54 Å². The number of aliphatic hydroxyl groups excluding tert-OH is 1. The molecule has 0 amide bonds. The van der Waals surface area contributed by atoms with Gasteiger partial charge >= 0.3 is 0 Å². The van der Waals surface area contributed by atoms with Gasteiger partial charge < -0.3 is 5.11 Å². The Balaban J connectivity index is 2.04. The summed E-state index contributed by atoms with van der Waals surface area (Å²) in [6.45, 7) is 7.14. The molecule has 64 valence electrons. The van der Waals surface area contributed by atoms with Gasteiger partial charge in [0.15, 0.2) is 0 Å². The van der Waals surface area contributed by atoms with Gasteiger partial charge in [-0.25, -0.2) is 0 Å². The Morgan fingerprint density at radius 2 is 2.00 bits per heavy atom. The van der Waals surface area contributed by atoms with Crippen molar-refractivity contribution in [1.29, 1.82) is 0 Å². The quantitative estimate of drug-likeness (QED) is 0.547. The van der Waals surface area contributed by atoms with Crippen LogP contribution in [0, 0.1) is 0 Å². The fourth-order valence-corrected chi connectivity index (χ4v) is 2.19. The molecule has 3 unspecified atom stereocenters. The van der Waals surface area contributed by atoms with Gasteiger partial charge in [-0.3, -0.25) is 9.80 Å². The van der Waals surface area contributed by atoms with Crippen molar-refractivity contribution >= 4 is 0 Å². The van der Waals surface area contributed by atoms with Gasteiger partial charge in [0.25, 0.3) is 0 Å². The molecule has 3 rings (SSSR count). The Morgan fingerprint density at radius 3 is 2.45 bits per heavy atom. The molecule has 1 N–H and O–H groups in total. The average molecular weight is 156 g/mol. The van der Waals surface area contributed by atoms with E-state index in [0.717, 1.165) is 19.6 Å². The van der Waals surface area contributed by atoms with Gasteiger partial charge in [0.05, 0.1) is 6.61 Å². The van der Waals surface area contributed by atoms with Gasteiger partial charge in [-0.05, 0) is 6.92 Å². The number of aliphatic hydroxyl groups is 1. The lowest BCUT2D eigenvalue weighted by Crippen LogP contribution is -2.65. The Kier molecular flexibility index (Phi) is 1.87. The minimum atomic E-state index is 0.323. The minimum absolute atomic E-state index is 0.323. The van der Waals surface area contributed by atoms with Crippen molar-refractivity contribution in [2.45, 2.75) is 19.0 Å². The number of hydrogen-bond donors (Lipinski definition) is 1. The molecule has 11 heavy (non-hydrogen) atoms. The molecule has 3 saturated heterocycles. The summed E-state index contributed by atoms with van der Waals surface area (Å²) in [5.74, 6) is 0. The van der Waals surface area contributed by atoms with E-state index in [-0.39, 0.29) is 0 Å².